The number of hydrogen-bond acceptors (Lipinski definition) is 5. The lowest BCUT2D eigenvalue weighted by Crippen LogP contribution is -2.19. The second-order valence-corrected chi connectivity index (χ2v) is 8.31. The zero-order chi connectivity index (χ0) is 22.4. The van der Waals surface area contributed by atoms with Gasteiger partial charge in [-0.1, -0.05) is 0 Å². The summed E-state index contributed by atoms with van der Waals surface area (Å²) in [6, 6.07) is 5.47. The molecule has 6 nitrogen and oxygen atoms in total. The van der Waals surface area contributed by atoms with Crippen LogP contribution in [0.5, 0.6) is 0 Å². The molecule has 0 N–H and O–H groups in total. The molecule has 1 aliphatic heterocycles. The third-order valence-corrected chi connectivity index (χ3v) is 6.09. The second kappa shape index (κ2) is 8.02. The first-order chi connectivity index (χ1) is 15.4. The Morgan fingerprint density at radius 1 is 1.03 bits per heavy atom. The van der Waals surface area contributed by atoms with E-state index in [-0.39, 0.29) is 17.6 Å². The van der Waals surface area contributed by atoms with Gasteiger partial charge in [-0.25, -0.2) is 23.7 Å². The Balaban J connectivity index is 1.62. The van der Waals surface area contributed by atoms with E-state index in [9.17, 15) is 8.78 Å². The number of benzene rings is 1. The minimum absolute atomic E-state index is 0.0863. The van der Waals surface area contributed by atoms with E-state index in [0.29, 0.717) is 23.3 Å². The van der Waals surface area contributed by atoms with Crippen molar-refractivity contribution in [2.24, 2.45) is 7.05 Å². The largest absolute Gasteiger partial charge is 0.373 e. The predicted molar refractivity (Wildman–Crippen MR) is 116 cm³/mol. The first-order valence-electron chi connectivity index (χ1n) is 10.6. The summed E-state index contributed by atoms with van der Waals surface area (Å²) in [6.07, 6.45) is 5.21. The topological polar surface area (TPSA) is 65.7 Å². The first-order valence-corrected chi connectivity index (χ1v) is 10.6. The fourth-order valence-electron chi connectivity index (χ4n) is 4.25. The van der Waals surface area contributed by atoms with Crippen molar-refractivity contribution in [2.75, 3.05) is 6.61 Å². The van der Waals surface area contributed by atoms with Crippen molar-refractivity contribution >= 4 is 11.2 Å². The van der Waals surface area contributed by atoms with Gasteiger partial charge >= 0.3 is 0 Å². The quantitative estimate of drug-likeness (QED) is 0.455. The van der Waals surface area contributed by atoms with E-state index in [1.807, 2.05) is 39.4 Å². The standard InChI is InChI=1S/C24H23F2N5O/c1-13-14(2)29-24-23(28-13)19(18-5-4-17(25)9-20(18)26)10-21(30-24)15-6-7-32-22(8-15)16-11-27-31(3)12-16/h4-5,9-12,15,22H,6-8H2,1-3H3/t15-,22-/m1/s1. The number of aromatic nitrogens is 5. The van der Waals surface area contributed by atoms with E-state index in [0.717, 1.165) is 41.6 Å². The van der Waals surface area contributed by atoms with Gasteiger partial charge in [0.15, 0.2) is 5.65 Å². The molecule has 2 atom stereocenters. The summed E-state index contributed by atoms with van der Waals surface area (Å²) >= 11 is 0. The fraction of sp³-hybridized carbons (Fsp3) is 0.333. The Bertz CT molecular complexity index is 1320. The van der Waals surface area contributed by atoms with Crippen molar-refractivity contribution in [3.63, 3.8) is 0 Å². The van der Waals surface area contributed by atoms with E-state index >= 15 is 0 Å². The van der Waals surface area contributed by atoms with Crippen LogP contribution in [0.15, 0.2) is 36.7 Å². The fourth-order valence-corrected chi connectivity index (χ4v) is 4.25. The van der Waals surface area contributed by atoms with Crippen LogP contribution in [-0.2, 0) is 11.8 Å². The summed E-state index contributed by atoms with van der Waals surface area (Å²) in [5.74, 6) is -1.15. The number of aryl methyl sites for hydroxylation is 3. The molecule has 5 rings (SSSR count). The molecule has 164 valence electrons. The highest BCUT2D eigenvalue weighted by molar-refractivity contribution is 5.90. The lowest BCUT2D eigenvalue weighted by atomic mass is 9.88. The molecule has 0 bridgehead atoms. The van der Waals surface area contributed by atoms with Crippen LogP contribution in [0.1, 0.15) is 47.5 Å². The maximum absolute atomic E-state index is 14.8. The van der Waals surface area contributed by atoms with Crippen LogP contribution in [0.3, 0.4) is 0 Å². The number of halogens is 2. The molecule has 4 heterocycles. The molecule has 0 radical (unpaired) electrons. The maximum atomic E-state index is 14.8. The van der Waals surface area contributed by atoms with Gasteiger partial charge in [-0.05, 0) is 44.9 Å². The minimum atomic E-state index is -0.635. The van der Waals surface area contributed by atoms with Gasteiger partial charge in [0.05, 0.1) is 23.7 Å². The summed E-state index contributed by atoms with van der Waals surface area (Å²) < 4.78 is 36.1. The Morgan fingerprint density at radius 3 is 2.59 bits per heavy atom. The molecular weight excluding hydrogens is 412 g/mol. The van der Waals surface area contributed by atoms with E-state index in [1.54, 1.807) is 4.68 Å². The highest BCUT2D eigenvalue weighted by atomic mass is 19.1. The van der Waals surface area contributed by atoms with Crippen LogP contribution >= 0.6 is 0 Å². The molecular formula is C24H23F2N5O. The lowest BCUT2D eigenvalue weighted by molar-refractivity contribution is 0.00465. The van der Waals surface area contributed by atoms with E-state index in [4.69, 9.17) is 9.72 Å². The Kier molecular flexibility index (Phi) is 5.17. The van der Waals surface area contributed by atoms with Crippen LogP contribution < -0.4 is 0 Å². The summed E-state index contributed by atoms with van der Waals surface area (Å²) in [6.45, 7) is 4.32. The van der Waals surface area contributed by atoms with Crippen molar-refractivity contribution < 1.29 is 13.5 Å². The van der Waals surface area contributed by atoms with E-state index in [2.05, 4.69) is 15.1 Å². The van der Waals surface area contributed by atoms with Crippen molar-refractivity contribution in [3.8, 4) is 11.1 Å². The molecule has 0 amide bonds. The molecule has 0 unspecified atom stereocenters. The normalized spacial score (nSPS) is 18.9. The van der Waals surface area contributed by atoms with Crippen molar-refractivity contribution in [1.82, 2.24) is 24.7 Å². The smallest absolute Gasteiger partial charge is 0.179 e. The molecule has 1 saturated heterocycles. The monoisotopic (exact) mass is 435 g/mol. The molecule has 0 saturated carbocycles. The molecule has 0 aliphatic carbocycles. The van der Waals surface area contributed by atoms with Crippen LogP contribution in [0.25, 0.3) is 22.3 Å². The van der Waals surface area contributed by atoms with Crippen LogP contribution in [0, 0.1) is 25.5 Å². The summed E-state index contributed by atoms with van der Waals surface area (Å²) in [5.41, 5.74) is 5.19. The zero-order valence-electron chi connectivity index (χ0n) is 18.1. The number of rotatable bonds is 3. The van der Waals surface area contributed by atoms with Gasteiger partial charge in [0.25, 0.3) is 0 Å². The van der Waals surface area contributed by atoms with Gasteiger partial charge in [-0.2, -0.15) is 5.10 Å². The van der Waals surface area contributed by atoms with Gasteiger partial charge in [0.2, 0.25) is 0 Å². The zero-order valence-corrected chi connectivity index (χ0v) is 18.1. The van der Waals surface area contributed by atoms with Gasteiger partial charge in [0, 0.05) is 54.2 Å². The third kappa shape index (κ3) is 3.75. The number of fused-ring (bicyclic) bond motifs is 1. The molecule has 3 aromatic heterocycles. The highest BCUT2D eigenvalue weighted by Crippen LogP contribution is 2.39. The molecule has 1 aromatic carbocycles. The number of pyridine rings is 1. The van der Waals surface area contributed by atoms with Crippen LogP contribution in [0.4, 0.5) is 8.78 Å². The number of hydrogen-bond donors (Lipinski definition) is 0. The van der Waals surface area contributed by atoms with Crippen LogP contribution in [0.2, 0.25) is 0 Å². The first kappa shape index (κ1) is 20.6. The average Bonchev–Trinajstić information content (AvgIpc) is 3.21. The molecule has 32 heavy (non-hydrogen) atoms. The summed E-state index contributed by atoms with van der Waals surface area (Å²) in [5, 5.41) is 4.25. The summed E-state index contributed by atoms with van der Waals surface area (Å²) in [4.78, 5) is 14.1. The lowest BCUT2D eigenvalue weighted by Gasteiger charge is -2.29. The summed E-state index contributed by atoms with van der Waals surface area (Å²) in [7, 11) is 1.88. The average molecular weight is 435 g/mol. The van der Waals surface area contributed by atoms with E-state index in [1.165, 1.54) is 12.1 Å². The molecule has 4 aromatic rings. The Hall–Kier alpha value is -3.26. The molecule has 8 heteroatoms. The Labute approximate surface area is 184 Å². The molecule has 1 fully saturated rings. The molecule has 0 spiro atoms. The third-order valence-electron chi connectivity index (χ3n) is 6.09. The Morgan fingerprint density at radius 2 is 1.84 bits per heavy atom. The van der Waals surface area contributed by atoms with Gasteiger partial charge in [-0.15, -0.1) is 0 Å². The van der Waals surface area contributed by atoms with Gasteiger partial charge in [-0.3, -0.25) is 4.68 Å². The number of ether oxygens (including phenoxy) is 1. The van der Waals surface area contributed by atoms with E-state index < -0.39 is 11.6 Å². The predicted octanol–water partition coefficient (Wildman–Crippen LogP) is 4.96. The molecule has 1 aliphatic rings. The van der Waals surface area contributed by atoms with Crippen molar-refractivity contribution in [3.05, 3.63) is 70.9 Å². The minimum Gasteiger partial charge on any atom is -0.373 e. The van der Waals surface area contributed by atoms with Crippen molar-refractivity contribution in [2.45, 2.75) is 38.7 Å². The van der Waals surface area contributed by atoms with Crippen LogP contribution in [-0.4, -0.2) is 31.3 Å². The van der Waals surface area contributed by atoms with Gasteiger partial charge in [0.1, 0.15) is 17.2 Å². The van der Waals surface area contributed by atoms with Gasteiger partial charge < -0.3 is 4.74 Å². The van der Waals surface area contributed by atoms with Crippen molar-refractivity contribution in [1.29, 1.82) is 0 Å². The number of nitrogens with zero attached hydrogens (tertiary/aromatic N) is 5. The highest BCUT2D eigenvalue weighted by Gasteiger charge is 2.28. The SMILES string of the molecule is Cc1nc2nc([C@@H]3CCO[C@@H](c4cnn(C)c4)C3)cc(-c3ccc(F)cc3F)c2nc1C. The maximum Gasteiger partial charge on any atom is 0.179 e. The second-order valence-electron chi connectivity index (χ2n) is 8.31.